The molecule has 0 aromatic carbocycles. The molecule has 5 heteroatoms. The molecule has 0 aliphatic carbocycles. The van der Waals surface area contributed by atoms with Crippen molar-refractivity contribution in [2.24, 2.45) is 5.73 Å². The lowest BCUT2D eigenvalue weighted by molar-refractivity contribution is 0.519. The van der Waals surface area contributed by atoms with Gasteiger partial charge in [-0.05, 0) is 38.0 Å². The van der Waals surface area contributed by atoms with Crippen LogP contribution in [0.5, 0.6) is 0 Å². The summed E-state index contributed by atoms with van der Waals surface area (Å²) in [6.45, 7) is 1.77. The zero-order valence-corrected chi connectivity index (χ0v) is 10.2. The first kappa shape index (κ1) is 12.9. The molecule has 0 fully saturated rings. The maximum absolute atomic E-state index is 8.73. The van der Waals surface area contributed by atoms with Crippen molar-refractivity contribution in [3.8, 4) is 6.07 Å². The van der Waals surface area contributed by atoms with Gasteiger partial charge in [0.25, 0.3) is 0 Å². The van der Waals surface area contributed by atoms with Gasteiger partial charge < -0.3 is 5.73 Å². The minimum atomic E-state index is -0.681. The van der Waals surface area contributed by atoms with Crippen molar-refractivity contribution in [1.82, 2.24) is 9.97 Å². The van der Waals surface area contributed by atoms with E-state index >= 15 is 0 Å². The minimum Gasteiger partial charge on any atom is -0.314 e. The van der Waals surface area contributed by atoms with Crippen molar-refractivity contribution < 1.29 is 0 Å². The largest absolute Gasteiger partial charge is 0.314 e. The Bertz CT molecular complexity index is 345. The van der Waals surface area contributed by atoms with Crippen LogP contribution in [0.4, 0.5) is 0 Å². The molecule has 0 aliphatic heterocycles. The van der Waals surface area contributed by atoms with Crippen molar-refractivity contribution >= 4 is 11.8 Å². The zero-order chi connectivity index (χ0) is 11.9. The zero-order valence-electron chi connectivity index (χ0n) is 9.39. The number of nitrogens with two attached hydrogens (primary N) is 1. The van der Waals surface area contributed by atoms with Crippen LogP contribution in [-0.2, 0) is 0 Å². The fourth-order valence-electron chi connectivity index (χ4n) is 1.19. The molecule has 86 valence electrons. The topological polar surface area (TPSA) is 75.6 Å². The normalized spacial score (nSPS) is 14.1. The van der Waals surface area contributed by atoms with E-state index in [0.29, 0.717) is 0 Å². The Morgan fingerprint density at radius 1 is 1.56 bits per heavy atom. The molecule has 0 radical (unpaired) electrons. The quantitative estimate of drug-likeness (QED) is 0.464. The smallest absolute Gasteiger partial charge is 0.116 e. The predicted molar refractivity (Wildman–Crippen MR) is 64.8 cm³/mol. The van der Waals surface area contributed by atoms with Gasteiger partial charge in [-0.25, -0.2) is 9.97 Å². The first-order valence-corrected chi connectivity index (χ1v) is 6.21. The lowest BCUT2D eigenvalue weighted by Crippen LogP contribution is -2.33. The summed E-state index contributed by atoms with van der Waals surface area (Å²) in [5.41, 5.74) is 5.04. The number of thioether (sulfide) groups is 1. The number of rotatable bonds is 6. The van der Waals surface area contributed by atoms with Crippen LogP contribution >= 0.6 is 11.8 Å². The molecule has 1 atom stereocenters. The van der Waals surface area contributed by atoms with Crippen LogP contribution < -0.4 is 5.73 Å². The third kappa shape index (κ3) is 5.10. The first-order valence-electron chi connectivity index (χ1n) is 5.23. The van der Waals surface area contributed by atoms with Crippen LogP contribution in [0, 0.1) is 11.3 Å². The SMILES string of the molecule is CC(N)(C#N)CCCCSc1ccncn1. The first-order chi connectivity index (χ1) is 7.64. The molecular weight excluding hydrogens is 220 g/mol. The van der Waals surface area contributed by atoms with Crippen LogP contribution in [-0.4, -0.2) is 21.3 Å². The summed E-state index contributed by atoms with van der Waals surface area (Å²) in [6, 6.07) is 4.00. The third-order valence-electron chi connectivity index (χ3n) is 2.15. The van der Waals surface area contributed by atoms with Gasteiger partial charge >= 0.3 is 0 Å². The highest BCUT2D eigenvalue weighted by Gasteiger charge is 2.15. The highest BCUT2D eigenvalue weighted by atomic mass is 32.2. The van der Waals surface area contributed by atoms with Gasteiger partial charge in [-0.3, -0.25) is 0 Å². The molecule has 0 spiro atoms. The molecule has 0 bridgehead atoms. The molecule has 4 nitrogen and oxygen atoms in total. The molecule has 0 saturated carbocycles. The van der Waals surface area contributed by atoms with E-state index in [-0.39, 0.29) is 0 Å². The fraction of sp³-hybridized carbons (Fsp3) is 0.545. The van der Waals surface area contributed by atoms with E-state index in [4.69, 9.17) is 11.0 Å². The summed E-state index contributed by atoms with van der Waals surface area (Å²) in [7, 11) is 0. The summed E-state index contributed by atoms with van der Waals surface area (Å²) in [5.74, 6) is 0.999. The van der Waals surface area contributed by atoms with E-state index in [1.165, 1.54) is 0 Å². The van der Waals surface area contributed by atoms with Crippen LogP contribution in [0.25, 0.3) is 0 Å². The summed E-state index contributed by atoms with van der Waals surface area (Å²) in [6.07, 6.45) is 6.05. The van der Waals surface area contributed by atoms with Crippen molar-refractivity contribution in [2.75, 3.05) is 5.75 Å². The molecule has 1 aromatic rings. The summed E-state index contributed by atoms with van der Waals surface area (Å²) < 4.78 is 0. The van der Waals surface area contributed by atoms with Gasteiger partial charge in [0.05, 0.1) is 11.1 Å². The Kier molecular flexibility index (Phi) is 5.23. The summed E-state index contributed by atoms with van der Waals surface area (Å²) in [5, 5.41) is 9.72. The van der Waals surface area contributed by atoms with Crippen molar-refractivity contribution in [2.45, 2.75) is 36.8 Å². The van der Waals surface area contributed by atoms with Crippen LogP contribution in [0.3, 0.4) is 0 Å². The number of hydrogen-bond acceptors (Lipinski definition) is 5. The molecule has 0 saturated heterocycles. The third-order valence-corrected chi connectivity index (χ3v) is 3.18. The number of hydrogen-bond donors (Lipinski definition) is 1. The maximum atomic E-state index is 8.73. The lowest BCUT2D eigenvalue weighted by atomic mass is 9.99. The standard InChI is InChI=1S/C11H16N4S/c1-11(13,8-12)5-2-3-7-16-10-4-6-14-9-15-10/h4,6,9H,2-3,5,7,13H2,1H3. The van der Waals surface area contributed by atoms with Crippen LogP contribution in [0.15, 0.2) is 23.6 Å². The summed E-state index contributed by atoms with van der Waals surface area (Å²) in [4.78, 5) is 7.97. The average Bonchev–Trinajstić information content (AvgIpc) is 2.30. The lowest BCUT2D eigenvalue weighted by Gasteiger charge is -2.14. The number of nitriles is 1. The van der Waals surface area contributed by atoms with Gasteiger partial charge in [0.1, 0.15) is 11.9 Å². The Balaban J connectivity index is 2.12. The van der Waals surface area contributed by atoms with Gasteiger partial charge in [0.15, 0.2) is 0 Å². The molecule has 0 aliphatic rings. The summed E-state index contributed by atoms with van der Waals surface area (Å²) >= 11 is 1.70. The highest BCUT2D eigenvalue weighted by molar-refractivity contribution is 7.99. The molecule has 0 amide bonds. The van der Waals surface area contributed by atoms with Crippen molar-refractivity contribution in [3.05, 3.63) is 18.6 Å². The second kappa shape index (κ2) is 6.46. The highest BCUT2D eigenvalue weighted by Crippen LogP contribution is 2.17. The van der Waals surface area contributed by atoms with Gasteiger partial charge in [0.2, 0.25) is 0 Å². The van der Waals surface area contributed by atoms with Gasteiger partial charge in [-0.15, -0.1) is 11.8 Å². The Labute approximate surface area is 100 Å². The number of unbranched alkanes of at least 4 members (excludes halogenated alkanes) is 1. The Morgan fingerprint density at radius 2 is 2.38 bits per heavy atom. The van der Waals surface area contributed by atoms with E-state index in [1.54, 1.807) is 31.2 Å². The molecule has 1 unspecified atom stereocenters. The van der Waals surface area contributed by atoms with Gasteiger partial charge in [0, 0.05) is 6.20 Å². The van der Waals surface area contributed by atoms with Crippen LogP contribution in [0.2, 0.25) is 0 Å². The molecule has 16 heavy (non-hydrogen) atoms. The van der Waals surface area contributed by atoms with Crippen LogP contribution in [0.1, 0.15) is 26.2 Å². The Morgan fingerprint density at radius 3 is 3.00 bits per heavy atom. The number of nitrogens with zero attached hydrogens (tertiary/aromatic N) is 3. The second-order valence-corrected chi connectivity index (χ2v) is 5.00. The van der Waals surface area contributed by atoms with Crippen molar-refractivity contribution in [1.29, 1.82) is 5.26 Å². The molecule has 1 aromatic heterocycles. The minimum absolute atomic E-state index is 0.681. The number of aromatic nitrogens is 2. The fourth-order valence-corrected chi connectivity index (χ4v) is 2.03. The van der Waals surface area contributed by atoms with Crippen molar-refractivity contribution in [3.63, 3.8) is 0 Å². The van der Waals surface area contributed by atoms with E-state index in [2.05, 4.69) is 16.0 Å². The molecular formula is C11H16N4S. The predicted octanol–water partition coefficient (Wildman–Crippen LogP) is 1.98. The van der Waals surface area contributed by atoms with Gasteiger partial charge in [-0.2, -0.15) is 5.26 Å². The Hall–Kier alpha value is -1.12. The molecule has 1 heterocycles. The molecule has 2 N–H and O–H groups in total. The van der Waals surface area contributed by atoms with E-state index < -0.39 is 5.54 Å². The van der Waals surface area contributed by atoms with E-state index in [0.717, 1.165) is 30.0 Å². The molecule has 1 rings (SSSR count). The monoisotopic (exact) mass is 236 g/mol. The van der Waals surface area contributed by atoms with E-state index in [1.807, 2.05) is 6.07 Å². The second-order valence-electron chi connectivity index (χ2n) is 3.88. The average molecular weight is 236 g/mol. The maximum Gasteiger partial charge on any atom is 0.116 e. The van der Waals surface area contributed by atoms with Gasteiger partial charge in [-0.1, -0.05) is 0 Å². The van der Waals surface area contributed by atoms with E-state index in [9.17, 15) is 0 Å².